The summed E-state index contributed by atoms with van der Waals surface area (Å²) in [6, 6.07) is 5.25. The topological polar surface area (TPSA) is 49.5 Å². The van der Waals surface area contributed by atoms with E-state index in [-0.39, 0.29) is 12.4 Å². The van der Waals surface area contributed by atoms with E-state index in [1.807, 2.05) is 0 Å². The van der Waals surface area contributed by atoms with Crippen LogP contribution in [0, 0.1) is 5.82 Å². The number of aliphatic hydroxyl groups is 1. The Hall–Kier alpha value is -1.13. The van der Waals surface area contributed by atoms with Gasteiger partial charge in [0.15, 0.2) is 0 Å². The van der Waals surface area contributed by atoms with Crippen molar-refractivity contribution in [3.8, 4) is 0 Å². The van der Waals surface area contributed by atoms with Gasteiger partial charge in [0.2, 0.25) is 0 Å². The quantitative estimate of drug-likeness (QED) is 0.789. The molecule has 0 unspecified atom stereocenters. The maximum atomic E-state index is 13.8. The van der Waals surface area contributed by atoms with Crippen molar-refractivity contribution >= 4 is 5.69 Å². The average Bonchev–Trinajstić information content (AvgIpc) is 2.86. The van der Waals surface area contributed by atoms with Gasteiger partial charge in [0.1, 0.15) is 5.82 Å². The van der Waals surface area contributed by atoms with Crippen molar-refractivity contribution in [3.63, 3.8) is 0 Å². The number of benzene rings is 1. The third-order valence-corrected chi connectivity index (χ3v) is 3.74. The summed E-state index contributed by atoms with van der Waals surface area (Å²) in [5, 5.41) is 9.15. The summed E-state index contributed by atoms with van der Waals surface area (Å²) in [7, 11) is 0. The summed E-state index contributed by atoms with van der Waals surface area (Å²) in [5.41, 5.74) is 6.89. The average molecular weight is 252 g/mol. The molecule has 0 radical (unpaired) electrons. The van der Waals surface area contributed by atoms with Gasteiger partial charge in [-0.3, -0.25) is 4.90 Å². The highest BCUT2D eigenvalue weighted by molar-refractivity contribution is 5.47. The molecule has 18 heavy (non-hydrogen) atoms. The largest absolute Gasteiger partial charge is 0.398 e. The van der Waals surface area contributed by atoms with Crippen molar-refractivity contribution in [1.29, 1.82) is 0 Å². The lowest BCUT2D eigenvalue weighted by molar-refractivity contribution is 0.143. The highest BCUT2D eigenvalue weighted by atomic mass is 19.1. The molecule has 0 bridgehead atoms. The molecule has 1 fully saturated rings. The van der Waals surface area contributed by atoms with Crippen molar-refractivity contribution in [2.24, 2.45) is 0 Å². The van der Waals surface area contributed by atoms with E-state index in [9.17, 15) is 4.39 Å². The van der Waals surface area contributed by atoms with Crippen molar-refractivity contribution in [1.82, 2.24) is 4.90 Å². The normalized spacial score (nSPS) is 16.6. The molecular weight excluding hydrogens is 231 g/mol. The fraction of sp³-hybridized carbons (Fsp3) is 0.571. The molecule has 0 aromatic heterocycles. The van der Waals surface area contributed by atoms with Crippen LogP contribution in [0.15, 0.2) is 18.2 Å². The van der Waals surface area contributed by atoms with Crippen LogP contribution in [0.2, 0.25) is 0 Å². The summed E-state index contributed by atoms with van der Waals surface area (Å²) in [4.78, 5) is 2.15. The second-order valence-corrected chi connectivity index (χ2v) is 4.94. The minimum absolute atomic E-state index is 0.102. The summed E-state index contributed by atoms with van der Waals surface area (Å²) in [6.45, 7) is 1.17. The maximum absolute atomic E-state index is 13.8. The van der Waals surface area contributed by atoms with E-state index < -0.39 is 0 Å². The molecule has 3 N–H and O–H groups in total. The Morgan fingerprint density at radius 3 is 2.67 bits per heavy atom. The molecule has 1 aliphatic rings. The van der Waals surface area contributed by atoms with Crippen molar-refractivity contribution in [2.75, 3.05) is 18.9 Å². The molecule has 0 amide bonds. The highest BCUT2D eigenvalue weighted by Gasteiger charge is 2.23. The van der Waals surface area contributed by atoms with Crippen LogP contribution in [0.1, 0.15) is 31.2 Å². The molecule has 0 heterocycles. The van der Waals surface area contributed by atoms with Gasteiger partial charge in [0.25, 0.3) is 0 Å². The number of rotatable bonds is 5. The number of anilines is 1. The Bertz CT molecular complexity index is 371. The van der Waals surface area contributed by atoms with Gasteiger partial charge >= 0.3 is 0 Å². The molecule has 3 nitrogen and oxygen atoms in total. The summed E-state index contributed by atoms with van der Waals surface area (Å²) >= 11 is 0. The van der Waals surface area contributed by atoms with Gasteiger partial charge in [-0.1, -0.05) is 18.9 Å². The van der Waals surface area contributed by atoms with Gasteiger partial charge in [-0.15, -0.1) is 0 Å². The maximum Gasteiger partial charge on any atom is 0.129 e. The predicted molar refractivity (Wildman–Crippen MR) is 70.6 cm³/mol. The van der Waals surface area contributed by atoms with E-state index in [1.165, 1.54) is 18.9 Å². The zero-order valence-electron chi connectivity index (χ0n) is 10.6. The first kappa shape index (κ1) is 13.3. The van der Waals surface area contributed by atoms with Gasteiger partial charge < -0.3 is 10.8 Å². The Labute approximate surface area is 107 Å². The van der Waals surface area contributed by atoms with Crippen LogP contribution in [-0.4, -0.2) is 29.2 Å². The molecule has 1 saturated carbocycles. The number of hydrogen-bond donors (Lipinski definition) is 2. The lowest BCUT2D eigenvalue weighted by Crippen LogP contribution is -2.35. The lowest BCUT2D eigenvalue weighted by atomic mass is 10.1. The van der Waals surface area contributed by atoms with E-state index in [2.05, 4.69) is 4.90 Å². The zero-order chi connectivity index (χ0) is 13.0. The van der Waals surface area contributed by atoms with E-state index in [0.29, 0.717) is 30.4 Å². The molecule has 1 aromatic carbocycles. The van der Waals surface area contributed by atoms with E-state index in [1.54, 1.807) is 12.1 Å². The summed E-state index contributed by atoms with van der Waals surface area (Å²) < 4.78 is 13.8. The fourth-order valence-corrected chi connectivity index (χ4v) is 2.73. The van der Waals surface area contributed by atoms with E-state index >= 15 is 0 Å². The standard InChI is InChI=1S/C14H21FN2O/c15-13-6-3-7-14(16)12(13)10-17(8-9-18)11-4-1-2-5-11/h3,6-7,11,18H,1-2,4-5,8-10,16H2. The number of aliphatic hydroxyl groups excluding tert-OH is 1. The second kappa shape index (κ2) is 6.16. The Kier molecular flexibility index (Phi) is 4.55. The van der Waals surface area contributed by atoms with Crippen LogP contribution < -0.4 is 5.73 Å². The number of nitrogen functional groups attached to an aromatic ring is 1. The van der Waals surface area contributed by atoms with Crippen LogP contribution in [0.4, 0.5) is 10.1 Å². The minimum atomic E-state index is -0.254. The zero-order valence-corrected chi connectivity index (χ0v) is 10.6. The van der Waals surface area contributed by atoms with Crippen LogP contribution >= 0.6 is 0 Å². The first-order chi connectivity index (χ1) is 8.72. The van der Waals surface area contributed by atoms with Gasteiger partial charge in [0, 0.05) is 30.4 Å². The van der Waals surface area contributed by atoms with Gasteiger partial charge in [0.05, 0.1) is 6.61 Å². The van der Waals surface area contributed by atoms with Crippen LogP contribution in [0.3, 0.4) is 0 Å². The van der Waals surface area contributed by atoms with Crippen LogP contribution in [0.25, 0.3) is 0 Å². The molecule has 0 atom stereocenters. The molecular formula is C14H21FN2O. The van der Waals surface area contributed by atoms with Crippen LogP contribution in [-0.2, 0) is 6.54 Å². The molecule has 0 saturated heterocycles. The third-order valence-electron chi connectivity index (χ3n) is 3.74. The Balaban J connectivity index is 2.12. The molecule has 0 aliphatic heterocycles. The summed E-state index contributed by atoms with van der Waals surface area (Å²) in [5.74, 6) is -0.254. The smallest absolute Gasteiger partial charge is 0.129 e. The molecule has 0 spiro atoms. The van der Waals surface area contributed by atoms with Gasteiger partial charge in [-0.25, -0.2) is 4.39 Å². The van der Waals surface area contributed by atoms with E-state index in [4.69, 9.17) is 10.8 Å². The Morgan fingerprint density at radius 2 is 2.06 bits per heavy atom. The number of nitrogens with zero attached hydrogens (tertiary/aromatic N) is 1. The third kappa shape index (κ3) is 3.00. The SMILES string of the molecule is Nc1cccc(F)c1CN(CCO)C1CCCC1. The molecule has 100 valence electrons. The number of hydrogen-bond acceptors (Lipinski definition) is 3. The molecule has 4 heteroatoms. The molecule has 2 rings (SSSR count). The first-order valence-electron chi connectivity index (χ1n) is 6.60. The minimum Gasteiger partial charge on any atom is -0.398 e. The van der Waals surface area contributed by atoms with Crippen molar-refractivity contribution < 1.29 is 9.50 Å². The van der Waals surface area contributed by atoms with Gasteiger partial charge in [-0.05, 0) is 25.0 Å². The number of nitrogens with two attached hydrogens (primary N) is 1. The Morgan fingerprint density at radius 1 is 1.33 bits per heavy atom. The predicted octanol–water partition coefficient (Wildman–Crippen LogP) is 2.14. The number of halogens is 1. The van der Waals surface area contributed by atoms with Crippen molar-refractivity contribution in [3.05, 3.63) is 29.6 Å². The van der Waals surface area contributed by atoms with E-state index in [0.717, 1.165) is 12.8 Å². The van der Waals surface area contributed by atoms with Gasteiger partial charge in [-0.2, -0.15) is 0 Å². The second-order valence-electron chi connectivity index (χ2n) is 4.94. The first-order valence-corrected chi connectivity index (χ1v) is 6.60. The lowest BCUT2D eigenvalue weighted by Gasteiger charge is -2.28. The van der Waals surface area contributed by atoms with Crippen LogP contribution in [0.5, 0.6) is 0 Å². The molecule has 1 aromatic rings. The van der Waals surface area contributed by atoms with Crippen molar-refractivity contribution in [2.45, 2.75) is 38.3 Å². The highest BCUT2D eigenvalue weighted by Crippen LogP contribution is 2.26. The fourth-order valence-electron chi connectivity index (χ4n) is 2.73. The monoisotopic (exact) mass is 252 g/mol. The summed E-state index contributed by atoms with van der Waals surface area (Å²) in [6.07, 6.45) is 4.71. The molecule has 1 aliphatic carbocycles.